The quantitative estimate of drug-likeness (QED) is 0.506. The van der Waals surface area contributed by atoms with Crippen molar-refractivity contribution in [2.45, 2.75) is 25.7 Å². The van der Waals surface area contributed by atoms with Gasteiger partial charge in [0.25, 0.3) is 5.91 Å². The Balaban J connectivity index is 1.55. The number of aromatic hydroxyl groups is 1. The highest BCUT2D eigenvalue weighted by Gasteiger charge is 2.16. The number of para-hydroxylation sites is 1. The number of phenols is 1. The number of carbonyl (C=O) groups excluding carboxylic acids is 1. The maximum atomic E-state index is 12.4. The molecule has 1 aromatic heterocycles. The van der Waals surface area contributed by atoms with Crippen LogP contribution in [0.2, 0.25) is 0 Å². The molecule has 5 heteroatoms. The molecule has 1 aliphatic carbocycles. The zero-order valence-corrected chi connectivity index (χ0v) is 13.7. The number of hydrogen-bond acceptors (Lipinski definition) is 3. The minimum absolute atomic E-state index is 0.126. The first-order chi connectivity index (χ1) is 12.2. The molecule has 0 saturated heterocycles. The van der Waals surface area contributed by atoms with Gasteiger partial charge in [0.2, 0.25) is 0 Å². The average Bonchev–Trinajstić information content (AvgIpc) is 3.01. The van der Waals surface area contributed by atoms with Gasteiger partial charge in [-0.05, 0) is 61.6 Å². The van der Waals surface area contributed by atoms with E-state index in [0.717, 1.165) is 23.7 Å². The van der Waals surface area contributed by atoms with Crippen LogP contribution in [0.1, 0.15) is 40.0 Å². The van der Waals surface area contributed by atoms with Gasteiger partial charge in [-0.1, -0.05) is 12.1 Å². The van der Waals surface area contributed by atoms with Crippen molar-refractivity contribution in [3.05, 3.63) is 64.8 Å². The van der Waals surface area contributed by atoms with E-state index < -0.39 is 0 Å². The Bertz CT molecular complexity index is 972. The number of carbonyl (C=O) groups is 1. The van der Waals surface area contributed by atoms with Gasteiger partial charge < -0.3 is 10.1 Å². The lowest BCUT2D eigenvalue weighted by atomic mass is 9.95. The number of nitrogens with zero attached hydrogens (tertiary/aromatic N) is 1. The number of nitrogens with one attached hydrogen (secondary N) is 2. The fraction of sp³-hybridized carbons (Fsp3) is 0.200. The molecule has 1 heterocycles. The molecule has 3 aromatic rings. The number of aryl methyl sites for hydroxylation is 2. The lowest BCUT2D eigenvalue weighted by molar-refractivity contribution is 0.0955. The number of H-pyrrole nitrogens is 1. The second kappa shape index (κ2) is 6.43. The summed E-state index contributed by atoms with van der Waals surface area (Å²) in [7, 11) is 0. The summed E-state index contributed by atoms with van der Waals surface area (Å²) in [6.45, 7) is 0. The fourth-order valence-corrected chi connectivity index (χ4v) is 3.37. The second-order valence-corrected chi connectivity index (χ2v) is 6.31. The first kappa shape index (κ1) is 15.4. The molecule has 0 fully saturated rings. The van der Waals surface area contributed by atoms with Crippen LogP contribution in [0, 0.1) is 0 Å². The summed E-state index contributed by atoms with van der Waals surface area (Å²) < 4.78 is 0. The molecule has 1 amide bonds. The Morgan fingerprint density at radius 2 is 2.00 bits per heavy atom. The first-order valence-electron chi connectivity index (χ1n) is 8.47. The van der Waals surface area contributed by atoms with Gasteiger partial charge in [0.1, 0.15) is 5.75 Å². The van der Waals surface area contributed by atoms with E-state index in [1.165, 1.54) is 30.3 Å². The number of rotatable bonds is 3. The standard InChI is InChI=1S/C20H19N3O2/c24-19-8-4-1-5-14(19)12-21-23-20(25)13-9-10-18-16(11-13)15-6-2-3-7-17(15)22-18/h1,4-5,8-12,22,24H,2-3,6-7H2,(H,23,25)/b21-12-. The van der Waals surface area contributed by atoms with Crippen molar-refractivity contribution in [2.75, 3.05) is 0 Å². The molecule has 0 saturated carbocycles. The summed E-state index contributed by atoms with van der Waals surface area (Å²) >= 11 is 0. The molecule has 126 valence electrons. The van der Waals surface area contributed by atoms with E-state index in [2.05, 4.69) is 15.5 Å². The summed E-state index contributed by atoms with van der Waals surface area (Å²) in [5.74, 6) is -0.139. The number of aromatic amines is 1. The minimum Gasteiger partial charge on any atom is -0.507 e. The minimum atomic E-state index is -0.265. The highest BCUT2D eigenvalue weighted by molar-refractivity contribution is 5.99. The fourth-order valence-electron chi connectivity index (χ4n) is 3.37. The molecule has 2 aromatic carbocycles. The van der Waals surface area contributed by atoms with E-state index in [4.69, 9.17) is 0 Å². The van der Waals surface area contributed by atoms with Crippen LogP contribution in [0.5, 0.6) is 5.75 Å². The average molecular weight is 333 g/mol. The van der Waals surface area contributed by atoms with Crippen LogP contribution in [-0.2, 0) is 12.8 Å². The molecule has 5 nitrogen and oxygen atoms in total. The summed E-state index contributed by atoms with van der Waals surface area (Å²) in [6.07, 6.45) is 5.99. The van der Waals surface area contributed by atoms with E-state index in [9.17, 15) is 9.90 Å². The number of hydrogen-bond donors (Lipinski definition) is 3. The highest BCUT2D eigenvalue weighted by atomic mass is 16.3. The van der Waals surface area contributed by atoms with Gasteiger partial charge >= 0.3 is 0 Å². The van der Waals surface area contributed by atoms with Gasteiger partial charge in [-0.3, -0.25) is 4.79 Å². The van der Waals surface area contributed by atoms with Crippen LogP contribution >= 0.6 is 0 Å². The molecule has 4 rings (SSSR count). The van der Waals surface area contributed by atoms with Gasteiger partial charge in [0.15, 0.2) is 0 Å². The summed E-state index contributed by atoms with van der Waals surface area (Å²) in [4.78, 5) is 15.8. The molecule has 0 unspecified atom stereocenters. The molecule has 0 atom stereocenters. The Labute approximate surface area is 145 Å². The molecule has 0 aliphatic heterocycles. The zero-order valence-electron chi connectivity index (χ0n) is 13.7. The van der Waals surface area contributed by atoms with E-state index >= 15 is 0 Å². The number of fused-ring (bicyclic) bond motifs is 3. The Hall–Kier alpha value is -3.08. The third-order valence-corrected chi connectivity index (χ3v) is 4.67. The normalized spacial score (nSPS) is 13.9. The maximum Gasteiger partial charge on any atom is 0.271 e. The second-order valence-electron chi connectivity index (χ2n) is 6.31. The lowest BCUT2D eigenvalue weighted by Gasteiger charge is -2.10. The van der Waals surface area contributed by atoms with Crippen LogP contribution in [0.15, 0.2) is 47.6 Å². The first-order valence-corrected chi connectivity index (χ1v) is 8.47. The maximum absolute atomic E-state index is 12.4. The summed E-state index contributed by atoms with van der Waals surface area (Å²) in [5.41, 5.74) is 7.38. The summed E-state index contributed by atoms with van der Waals surface area (Å²) in [5, 5.41) is 14.8. The van der Waals surface area contributed by atoms with Crippen LogP contribution in [-0.4, -0.2) is 22.2 Å². The number of amides is 1. The molecule has 25 heavy (non-hydrogen) atoms. The third-order valence-electron chi connectivity index (χ3n) is 4.67. The van der Waals surface area contributed by atoms with Crippen LogP contribution in [0.4, 0.5) is 0 Å². The lowest BCUT2D eigenvalue weighted by Crippen LogP contribution is -2.17. The highest BCUT2D eigenvalue weighted by Crippen LogP contribution is 2.29. The van der Waals surface area contributed by atoms with Crippen molar-refractivity contribution >= 4 is 23.0 Å². The number of hydrazone groups is 1. The topological polar surface area (TPSA) is 77.5 Å². The van der Waals surface area contributed by atoms with Crippen LogP contribution in [0.3, 0.4) is 0 Å². The predicted octanol–water partition coefficient (Wildman–Crippen LogP) is 3.52. The molecule has 3 N–H and O–H groups in total. The SMILES string of the molecule is O=C(N/N=C\c1ccccc1O)c1ccc2[nH]c3c(c2c1)CCCC3. The van der Waals surface area contributed by atoms with Crippen molar-refractivity contribution in [1.29, 1.82) is 0 Å². The van der Waals surface area contributed by atoms with Gasteiger partial charge in [-0.25, -0.2) is 5.43 Å². The van der Waals surface area contributed by atoms with Crippen molar-refractivity contribution in [1.82, 2.24) is 10.4 Å². The van der Waals surface area contributed by atoms with Crippen molar-refractivity contribution in [2.24, 2.45) is 5.10 Å². The third kappa shape index (κ3) is 3.01. The molecule has 0 bridgehead atoms. The van der Waals surface area contributed by atoms with Gasteiger partial charge in [-0.15, -0.1) is 0 Å². The smallest absolute Gasteiger partial charge is 0.271 e. The number of benzene rings is 2. The van der Waals surface area contributed by atoms with E-state index in [1.54, 1.807) is 30.3 Å². The Kier molecular flexibility index (Phi) is 3.98. The molecule has 0 spiro atoms. The Morgan fingerprint density at radius 1 is 1.16 bits per heavy atom. The van der Waals surface area contributed by atoms with Gasteiger partial charge in [-0.2, -0.15) is 5.10 Å². The monoisotopic (exact) mass is 333 g/mol. The van der Waals surface area contributed by atoms with Gasteiger partial charge in [0.05, 0.1) is 6.21 Å². The zero-order chi connectivity index (χ0) is 17.2. The van der Waals surface area contributed by atoms with Crippen LogP contribution in [0.25, 0.3) is 10.9 Å². The number of aromatic nitrogens is 1. The van der Waals surface area contributed by atoms with E-state index in [1.807, 2.05) is 12.1 Å². The van der Waals surface area contributed by atoms with Gasteiger partial charge in [0, 0.05) is 27.7 Å². The summed E-state index contributed by atoms with van der Waals surface area (Å²) in [6, 6.07) is 12.5. The largest absolute Gasteiger partial charge is 0.507 e. The Morgan fingerprint density at radius 3 is 2.88 bits per heavy atom. The molecule has 0 radical (unpaired) electrons. The van der Waals surface area contributed by atoms with Crippen molar-refractivity contribution < 1.29 is 9.90 Å². The van der Waals surface area contributed by atoms with Crippen molar-refractivity contribution in [3.8, 4) is 5.75 Å². The molecular weight excluding hydrogens is 314 g/mol. The van der Waals surface area contributed by atoms with E-state index in [0.29, 0.717) is 11.1 Å². The molecule has 1 aliphatic rings. The van der Waals surface area contributed by atoms with E-state index in [-0.39, 0.29) is 11.7 Å². The van der Waals surface area contributed by atoms with Crippen molar-refractivity contribution in [3.63, 3.8) is 0 Å². The number of phenolic OH excluding ortho intramolecular Hbond substituents is 1. The predicted molar refractivity (Wildman–Crippen MR) is 98.1 cm³/mol. The van der Waals surface area contributed by atoms with Crippen LogP contribution < -0.4 is 5.43 Å². The molecular formula is C20H19N3O2.